The van der Waals surface area contributed by atoms with E-state index in [1.165, 1.54) is 12.8 Å². The second-order valence-electron chi connectivity index (χ2n) is 5.26. The summed E-state index contributed by atoms with van der Waals surface area (Å²) in [4.78, 5) is 14.2. The second-order valence-corrected chi connectivity index (χ2v) is 5.26. The molecule has 2 rings (SSSR count). The lowest BCUT2D eigenvalue weighted by molar-refractivity contribution is -0.117. The van der Waals surface area contributed by atoms with Gasteiger partial charge < -0.3 is 10.1 Å². The minimum atomic E-state index is 0.0549. The first-order valence-electron chi connectivity index (χ1n) is 6.83. The molecule has 1 saturated heterocycles. The summed E-state index contributed by atoms with van der Waals surface area (Å²) in [7, 11) is 1.63. The van der Waals surface area contributed by atoms with Crippen LogP contribution >= 0.6 is 0 Å². The van der Waals surface area contributed by atoms with Crippen LogP contribution in [0.15, 0.2) is 24.3 Å². The van der Waals surface area contributed by atoms with Gasteiger partial charge in [-0.3, -0.25) is 9.69 Å². The van der Waals surface area contributed by atoms with E-state index in [2.05, 4.69) is 17.1 Å². The lowest BCUT2D eigenvalue weighted by Gasteiger charge is -2.30. The van der Waals surface area contributed by atoms with Gasteiger partial charge in [0.05, 0.1) is 13.7 Å². The lowest BCUT2D eigenvalue weighted by atomic mass is 10.0. The third kappa shape index (κ3) is 4.24. The summed E-state index contributed by atoms with van der Waals surface area (Å²) in [5.41, 5.74) is 0.816. The van der Waals surface area contributed by atoms with E-state index in [9.17, 15) is 4.79 Å². The fourth-order valence-corrected chi connectivity index (χ4v) is 2.51. The molecular weight excluding hydrogens is 240 g/mol. The Kier molecular flexibility index (Phi) is 4.80. The van der Waals surface area contributed by atoms with Crippen LogP contribution in [0.1, 0.15) is 19.8 Å². The van der Waals surface area contributed by atoms with Gasteiger partial charge >= 0.3 is 0 Å². The van der Waals surface area contributed by atoms with E-state index in [0.29, 0.717) is 12.5 Å². The predicted molar refractivity (Wildman–Crippen MR) is 76.5 cm³/mol. The van der Waals surface area contributed by atoms with Crippen molar-refractivity contribution in [1.29, 1.82) is 0 Å². The van der Waals surface area contributed by atoms with Crippen LogP contribution in [0.2, 0.25) is 0 Å². The highest BCUT2D eigenvalue weighted by Gasteiger charge is 2.18. The Morgan fingerprint density at radius 1 is 1.42 bits per heavy atom. The molecule has 19 heavy (non-hydrogen) atoms. The number of ether oxygens (including phenoxy) is 1. The van der Waals surface area contributed by atoms with Crippen molar-refractivity contribution in [2.24, 2.45) is 5.92 Å². The zero-order valence-electron chi connectivity index (χ0n) is 11.7. The van der Waals surface area contributed by atoms with Crippen molar-refractivity contribution in [3.8, 4) is 5.75 Å². The molecule has 104 valence electrons. The number of amides is 1. The van der Waals surface area contributed by atoms with Crippen molar-refractivity contribution in [1.82, 2.24) is 4.90 Å². The molecule has 1 aromatic carbocycles. The van der Waals surface area contributed by atoms with Gasteiger partial charge in [-0.25, -0.2) is 0 Å². The van der Waals surface area contributed by atoms with Crippen molar-refractivity contribution >= 4 is 11.6 Å². The maximum atomic E-state index is 12.0. The van der Waals surface area contributed by atoms with Crippen molar-refractivity contribution in [3.05, 3.63) is 24.3 Å². The van der Waals surface area contributed by atoms with Crippen LogP contribution in [0.4, 0.5) is 5.69 Å². The summed E-state index contributed by atoms with van der Waals surface area (Å²) in [5, 5.41) is 2.92. The maximum Gasteiger partial charge on any atom is 0.238 e. The van der Waals surface area contributed by atoms with Crippen molar-refractivity contribution in [2.75, 3.05) is 32.1 Å². The van der Waals surface area contributed by atoms with Gasteiger partial charge in [0.1, 0.15) is 5.75 Å². The van der Waals surface area contributed by atoms with Gasteiger partial charge in [-0.15, -0.1) is 0 Å². The highest BCUT2D eigenvalue weighted by molar-refractivity contribution is 5.92. The van der Waals surface area contributed by atoms with Crippen LogP contribution < -0.4 is 10.1 Å². The number of carbonyl (C=O) groups is 1. The zero-order valence-corrected chi connectivity index (χ0v) is 11.7. The number of nitrogens with zero attached hydrogens (tertiary/aromatic N) is 1. The summed E-state index contributed by atoms with van der Waals surface area (Å²) in [6.45, 7) is 4.78. The molecule has 1 aliphatic rings. The fourth-order valence-electron chi connectivity index (χ4n) is 2.51. The summed E-state index contributed by atoms with van der Waals surface area (Å²) in [6.07, 6.45) is 2.47. The van der Waals surface area contributed by atoms with E-state index < -0.39 is 0 Å². The number of anilines is 1. The highest BCUT2D eigenvalue weighted by atomic mass is 16.5. The second kappa shape index (κ2) is 6.57. The Bertz CT molecular complexity index is 417. The van der Waals surface area contributed by atoms with Gasteiger partial charge in [0.2, 0.25) is 5.91 Å². The summed E-state index contributed by atoms with van der Waals surface area (Å²) >= 11 is 0. The first kappa shape index (κ1) is 13.9. The van der Waals surface area contributed by atoms with Gasteiger partial charge in [-0.05, 0) is 49.6 Å². The Labute approximate surface area is 114 Å². The van der Waals surface area contributed by atoms with E-state index in [1.807, 2.05) is 24.3 Å². The van der Waals surface area contributed by atoms with Crippen molar-refractivity contribution in [3.63, 3.8) is 0 Å². The molecule has 1 amide bonds. The molecule has 1 N–H and O–H groups in total. The normalized spacial score (nSPS) is 20.0. The number of methoxy groups -OCH3 is 1. The summed E-state index contributed by atoms with van der Waals surface area (Å²) < 4.78 is 5.09. The molecule has 1 aromatic rings. The predicted octanol–water partition coefficient (Wildman–Crippen LogP) is 2.37. The molecule has 0 radical (unpaired) electrons. The molecule has 1 unspecified atom stereocenters. The Morgan fingerprint density at radius 3 is 2.79 bits per heavy atom. The first-order valence-corrected chi connectivity index (χ1v) is 6.83. The Balaban J connectivity index is 1.83. The minimum absolute atomic E-state index is 0.0549. The molecule has 0 bridgehead atoms. The van der Waals surface area contributed by atoms with Crippen molar-refractivity contribution in [2.45, 2.75) is 19.8 Å². The largest absolute Gasteiger partial charge is 0.497 e. The quantitative estimate of drug-likeness (QED) is 0.905. The molecule has 4 nitrogen and oxygen atoms in total. The van der Waals surface area contributed by atoms with Gasteiger partial charge in [-0.1, -0.05) is 6.92 Å². The van der Waals surface area contributed by atoms with E-state index in [4.69, 9.17) is 4.74 Å². The minimum Gasteiger partial charge on any atom is -0.497 e. The first-order chi connectivity index (χ1) is 9.17. The molecule has 1 aliphatic heterocycles. The number of benzene rings is 1. The van der Waals surface area contributed by atoms with Gasteiger partial charge in [0.25, 0.3) is 0 Å². The van der Waals surface area contributed by atoms with E-state index >= 15 is 0 Å². The van der Waals surface area contributed by atoms with Crippen LogP contribution in [0.5, 0.6) is 5.75 Å². The number of piperidine rings is 1. The van der Waals surface area contributed by atoms with Gasteiger partial charge in [0.15, 0.2) is 0 Å². The Morgan fingerprint density at radius 2 is 2.16 bits per heavy atom. The molecule has 0 aliphatic carbocycles. The van der Waals surface area contributed by atoms with Crippen LogP contribution in [-0.4, -0.2) is 37.6 Å². The fraction of sp³-hybridized carbons (Fsp3) is 0.533. The van der Waals surface area contributed by atoms with E-state index in [1.54, 1.807) is 7.11 Å². The van der Waals surface area contributed by atoms with Crippen LogP contribution in [0, 0.1) is 5.92 Å². The topological polar surface area (TPSA) is 41.6 Å². The van der Waals surface area contributed by atoms with Crippen molar-refractivity contribution < 1.29 is 9.53 Å². The molecule has 0 saturated carbocycles. The standard InChI is InChI=1S/C15H22N2O2/c1-12-4-3-9-17(10-12)11-15(18)16-13-5-7-14(19-2)8-6-13/h5-8,12H,3-4,9-11H2,1-2H3,(H,16,18). The Hall–Kier alpha value is -1.55. The SMILES string of the molecule is COc1ccc(NC(=O)CN2CCCC(C)C2)cc1. The average molecular weight is 262 g/mol. The number of likely N-dealkylation sites (tertiary alicyclic amines) is 1. The zero-order chi connectivity index (χ0) is 13.7. The van der Waals surface area contributed by atoms with Gasteiger partial charge in [-0.2, -0.15) is 0 Å². The van der Waals surface area contributed by atoms with E-state index in [-0.39, 0.29) is 5.91 Å². The third-order valence-corrected chi connectivity index (χ3v) is 3.48. The monoisotopic (exact) mass is 262 g/mol. The lowest BCUT2D eigenvalue weighted by Crippen LogP contribution is -2.39. The number of hydrogen-bond acceptors (Lipinski definition) is 3. The van der Waals surface area contributed by atoms with E-state index in [0.717, 1.165) is 24.5 Å². The van der Waals surface area contributed by atoms with Gasteiger partial charge in [0, 0.05) is 12.2 Å². The molecule has 4 heteroatoms. The third-order valence-electron chi connectivity index (χ3n) is 3.48. The molecular formula is C15H22N2O2. The molecule has 0 aromatic heterocycles. The smallest absolute Gasteiger partial charge is 0.238 e. The summed E-state index contributed by atoms with van der Waals surface area (Å²) in [5.74, 6) is 1.55. The van der Waals surface area contributed by atoms with Crippen LogP contribution in [0.25, 0.3) is 0 Å². The molecule has 1 heterocycles. The molecule has 1 atom stereocenters. The van der Waals surface area contributed by atoms with Crippen LogP contribution in [-0.2, 0) is 4.79 Å². The number of nitrogens with one attached hydrogen (secondary N) is 1. The number of rotatable bonds is 4. The maximum absolute atomic E-state index is 12.0. The molecule has 1 fully saturated rings. The highest BCUT2D eigenvalue weighted by Crippen LogP contribution is 2.17. The average Bonchev–Trinajstić information content (AvgIpc) is 2.39. The summed E-state index contributed by atoms with van der Waals surface area (Å²) in [6, 6.07) is 7.41. The molecule has 0 spiro atoms. The number of hydrogen-bond donors (Lipinski definition) is 1. The van der Waals surface area contributed by atoms with Crippen LogP contribution in [0.3, 0.4) is 0 Å². The number of carbonyl (C=O) groups excluding carboxylic acids is 1.